The summed E-state index contributed by atoms with van der Waals surface area (Å²) < 4.78 is 12.9. The van der Waals surface area contributed by atoms with Crippen molar-refractivity contribution in [2.24, 2.45) is 0 Å². The van der Waals surface area contributed by atoms with Crippen molar-refractivity contribution < 1.29 is 14.0 Å². The van der Waals surface area contributed by atoms with Crippen LogP contribution in [0.4, 0.5) is 4.39 Å². The Balaban J connectivity index is 1.82. The number of nitrogens with one attached hydrogen (secondary N) is 1. The molecule has 2 rings (SSSR count). The van der Waals surface area contributed by atoms with Crippen LogP contribution in [0, 0.1) is 12.7 Å². The van der Waals surface area contributed by atoms with E-state index in [1.807, 2.05) is 31.2 Å². The summed E-state index contributed by atoms with van der Waals surface area (Å²) in [6.07, 6.45) is 0.193. The molecule has 0 aliphatic heterocycles. The van der Waals surface area contributed by atoms with Crippen LogP contribution in [0.2, 0.25) is 0 Å². The lowest BCUT2D eigenvalue weighted by Crippen LogP contribution is -2.37. The molecule has 4 nitrogen and oxygen atoms in total. The van der Waals surface area contributed by atoms with E-state index in [1.54, 1.807) is 17.0 Å². The first-order valence-electron chi connectivity index (χ1n) is 8.27. The molecule has 25 heavy (non-hydrogen) atoms. The molecule has 0 fully saturated rings. The fraction of sp³-hybridized carbons (Fsp3) is 0.300. The van der Waals surface area contributed by atoms with Crippen molar-refractivity contribution in [3.63, 3.8) is 0 Å². The van der Waals surface area contributed by atoms with Gasteiger partial charge in [-0.25, -0.2) is 4.39 Å². The van der Waals surface area contributed by atoms with Crippen LogP contribution in [0.25, 0.3) is 0 Å². The lowest BCUT2D eigenvalue weighted by atomic mass is 10.1. The third kappa shape index (κ3) is 6.03. The predicted octanol–water partition coefficient (Wildman–Crippen LogP) is 2.84. The molecule has 0 unspecified atom stereocenters. The summed E-state index contributed by atoms with van der Waals surface area (Å²) in [5.74, 6) is -0.500. The molecule has 0 atom stereocenters. The number of amides is 2. The molecule has 0 bridgehead atoms. The van der Waals surface area contributed by atoms with Crippen LogP contribution < -0.4 is 5.32 Å². The molecule has 2 aromatic carbocycles. The second-order valence-electron chi connectivity index (χ2n) is 6.02. The lowest BCUT2D eigenvalue weighted by molar-refractivity contribution is -0.130. The largest absolute Gasteiger partial charge is 0.354 e. The first kappa shape index (κ1) is 18.6. The van der Waals surface area contributed by atoms with Crippen LogP contribution in [0.15, 0.2) is 48.5 Å². The van der Waals surface area contributed by atoms with Crippen molar-refractivity contribution in [2.75, 3.05) is 13.1 Å². The smallest absolute Gasteiger partial charge is 0.224 e. The van der Waals surface area contributed by atoms with Gasteiger partial charge in [0.05, 0.1) is 6.42 Å². The number of hydrogen-bond donors (Lipinski definition) is 1. The maximum Gasteiger partial charge on any atom is 0.224 e. The van der Waals surface area contributed by atoms with Crippen LogP contribution in [0.5, 0.6) is 0 Å². The number of benzene rings is 2. The predicted molar refractivity (Wildman–Crippen MR) is 95.4 cm³/mol. The summed E-state index contributed by atoms with van der Waals surface area (Å²) in [7, 11) is 0. The summed E-state index contributed by atoms with van der Waals surface area (Å²) in [6, 6.07) is 13.8. The van der Waals surface area contributed by atoms with Crippen LogP contribution in [0.3, 0.4) is 0 Å². The van der Waals surface area contributed by atoms with Gasteiger partial charge in [-0.2, -0.15) is 0 Å². The summed E-state index contributed by atoms with van der Waals surface area (Å²) in [5.41, 5.74) is 2.98. The standard InChI is InChI=1S/C20H23FN2O2/c1-15-5-3-4-6-18(15)14-23(16(2)24)12-11-22-20(25)13-17-7-9-19(21)10-8-17/h3-10H,11-14H2,1-2H3,(H,22,25). The summed E-state index contributed by atoms with van der Waals surface area (Å²) in [4.78, 5) is 25.5. The number of hydrogen-bond acceptors (Lipinski definition) is 2. The van der Waals surface area contributed by atoms with Crippen LogP contribution >= 0.6 is 0 Å². The van der Waals surface area contributed by atoms with E-state index in [0.29, 0.717) is 19.6 Å². The van der Waals surface area contributed by atoms with E-state index < -0.39 is 0 Å². The van der Waals surface area contributed by atoms with Crippen LogP contribution in [0.1, 0.15) is 23.6 Å². The van der Waals surface area contributed by atoms with Gasteiger partial charge < -0.3 is 10.2 Å². The van der Waals surface area contributed by atoms with E-state index in [-0.39, 0.29) is 24.1 Å². The van der Waals surface area contributed by atoms with E-state index in [9.17, 15) is 14.0 Å². The molecule has 0 aliphatic rings. The number of aryl methyl sites for hydroxylation is 1. The van der Waals surface area contributed by atoms with Gasteiger partial charge in [0.15, 0.2) is 0 Å². The Morgan fingerprint density at radius 1 is 1.08 bits per heavy atom. The highest BCUT2D eigenvalue weighted by atomic mass is 19.1. The first-order chi connectivity index (χ1) is 12.0. The van der Waals surface area contributed by atoms with Gasteiger partial charge in [-0.05, 0) is 35.7 Å². The number of rotatable bonds is 7. The second-order valence-corrected chi connectivity index (χ2v) is 6.02. The van der Waals surface area contributed by atoms with E-state index in [0.717, 1.165) is 16.7 Å². The molecule has 2 amide bonds. The van der Waals surface area contributed by atoms with Gasteiger partial charge in [-0.15, -0.1) is 0 Å². The molecule has 2 aromatic rings. The average Bonchev–Trinajstić information content (AvgIpc) is 2.57. The number of halogens is 1. The highest BCUT2D eigenvalue weighted by Crippen LogP contribution is 2.10. The van der Waals surface area contributed by atoms with Gasteiger partial charge >= 0.3 is 0 Å². The molecule has 5 heteroatoms. The van der Waals surface area contributed by atoms with Gasteiger partial charge in [0.2, 0.25) is 11.8 Å². The quantitative estimate of drug-likeness (QED) is 0.841. The molecule has 0 saturated heterocycles. The minimum absolute atomic E-state index is 0.0314. The molecule has 0 radical (unpaired) electrons. The average molecular weight is 342 g/mol. The first-order valence-corrected chi connectivity index (χ1v) is 8.27. The Kier molecular flexibility index (Phi) is 6.69. The molecular weight excluding hydrogens is 319 g/mol. The highest BCUT2D eigenvalue weighted by molar-refractivity contribution is 5.78. The van der Waals surface area contributed by atoms with Crippen LogP contribution in [-0.2, 0) is 22.6 Å². The van der Waals surface area contributed by atoms with Gasteiger partial charge in [0.25, 0.3) is 0 Å². The molecule has 0 heterocycles. The Labute approximate surface area is 147 Å². The SMILES string of the molecule is CC(=O)N(CCNC(=O)Cc1ccc(F)cc1)Cc1ccccc1C. The molecule has 0 saturated carbocycles. The van der Waals surface area contributed by atoms with Crippen LogP contribution in [-0.4, -0.2) is 29.8 Å². The Morgan fingerprint density at radius 3 is 2.40 bits per heavy atom. The molecule has 1 N–H and O–H groups in total. The third-order valence-electron chi connectivity index (χ3n) is 4.05. The Hall–Kier alpha value is -2.69. The van der Waals surface area contributed by atoms with Crippen molar-refractivity contribution in [1.82, 2.24) is 10.2 Å². The zero-order valence-electron chi connectivity index (χ0n) is 14.6. The third-order valence-corrected chi connectivity index (χ3v) is 4.05. The molecule has 0 aromatic heterocycles. The molecule has 0 spiro atoms. The summed E-state index contributed by atoms with van der Waals surface area (Å²) in [6.45, 7) is 4.89. The maximum atomic E-state index is 12.9. The maximum absolute atomic E-state index is 12.9. The summed E-state index contributed by atoms with van der Waals surface area (Å²) in [5, 5.41) is 2.80. The monoisotopic (exact) mass is 342 g/mol. The van der Waals surface area contributed by atoms with Gasteiger partial charge in [0, 0.05) is 26.6 Å². The van der Waals surface area contributed by atoms with Crippen molar-refractivity contribution in [1.29, 1.82) is 0 Å². The van der Waals surface area contributed by atoms with E-state index in [2.05, 4.69) is 5.32 Å². The number of nitrogens with zero attached hydrogens (tertiary/aromatic N) is 1. The Morgan fingerprint density at radius 2 is 1.76 bits per heavy atom. The van der Waals surface area contributed by atoms with Gasteiger partial charge in [-0.3, -0.25) is 9.59 Å². The van der Waals surface area contributed by atoms with Crippen molar-refractivity contribution >= 4 is 11.8 Å². The zero-order valence-corrected chi connectivity index (χ0v) is 14.6. The number of carbonyl (C=O) groups is 2. The Bertz CT molecular complexity index is 729. The molecular formula is C20H23FN2O2. The van der Waals surface area contributed by atoms with Crippen molar-refractivity contribution in [3.05, 3.63) is 71.0 Å². The van der Waals surface area contributed by atoms with E-state index in [4.69, 9.17) is 0 Å². The topological polar surface area (TPSA) is 49.4 Å². The van der Waals surface area contributed by atoms with Gasteiger partial charge in [-0.1, -0.05) is 36.4 Å². The second kappa shape index (κ2) is 8.97. The fourth-order valence-electron chi connectivity index (χ4n) is 2.52. The van der Waals surface area contributed by atoms with Gasteiger partial charge in [0.1, 0.15) is 5.82 Å². The van der Waals surface area contributed by atoms with Crippen molar-refractivity contribution in [3.8, 4) is 0 Å². The van der Waals surface area contributed by atoms with E-state index >= 15 is 0 Å². The highest BCUT2D eigenvalue weighted by Gasteiger charge is 2.11. The summed E-state index contributed by atoms with van der Waals surface area (Å²) >= 11 is 0. The fourth-order valence-corrected chi connectivity index (χ4v) is 2.52. The lowest BCUT2D eigenvalue weighted by Gasteiger charge is -2.22. The molecule has 132 valence electrons. The van der Waals surface area contributed by atoms with E-state index in [1.165, 1.54) is 19.1 Å². The normalized spacial score (nSPS) is 10.4. The number of carbonyl (C=O) groups excluding carboxylic acids is 2. The van der Waals surface area contributed by atoms with Crippen molar-refractivity contribution in [2.45, 2.75) is 26.8 Å². The zero-order chi connectivity index (χ0) is 18.2. The minimum Gasteiger partial charge on any atom is -0.354 e. The minimum atomic E-state index is -0.322. The molecule has 0 aliphatic carbocycles.